The Kier molecular flexibility index (Phi) is 5.26. The van der Waals surface area contributed by atoms with Crippen LogP contribution in [0.1, 0.15) is 44.5 Å². The normalized spacial score (nSPS) is 16.4. The van der Waals surface area contributed by atoms with Crippen molar-refractivity contribution in [3.63, 3.8) is 0 Å². The van der Waals surface area contributed by atoms with Gasteiger partial charge in [-0.05, 0) is 51.3 Å². The van der Waals surface area contributed by atoms with E-state index in [1.165, 1.54) is 11.3 Å². The zero-order chi connectivity index (χ0) is 17.8. The number of nitrogens with zero attached hydrogens (tertiary/aromatic N) is 2. The first-order valence-corrected chi connectivity index (χ1v) is 8.92. The minimum Gasteiger partial charge on any atom is -0.494 e. The quantitative estimate of drug-likeness (QED) is 0.873. The second kappa shape index (κ2) is 7.59. The van der Waals surface area contributed by atoms with Crippen molar-refractivity contribution < 1.29 is 9.53 Å². The number of nitrogens with one attached hydrogen (secondary N) is 2. The number of amides is 2. The first kappa shape index (κ1) is 17.3. The number of aryl methyl sites for hydroxylation is 1. The molecule has 2 N–H and O–H groups in total. The van der Waals surface area contributed by atoms with Gasteiger partial charge >= 0.3 is 6.03 Å². The second-order valence-corrected chi connectivity index (χ2v) is 6.65. The summed E-state index contributed by atoms with van der Waals surface area (Å²) in [5.74, 6) is 0.753. The van der Waals surface area contributed by atoms with Crippen molar-refractivity contribution in [2.45, 2.75) is 52.1 Å². The average Bonchev–Trinajstić information content (AvgIpc) is 2.98. The molecule has 0 saturated heterocycles. The van der Waals surface area contributed by atoms with Crippen LogP contribution in [-0.2, 0) is 12.8 Å². The number of carbonyl (C=O) groups excluding carboxylic acids is 1. The van der Waals surface area contributed by atoms with Gasteiger partial charge < -0.3 is 15.4 Å². The molecular weight excluding hydrogens is 316 g/mol. The highest BCUT2D eigenvalue weighted by Gasteiger charge is 2.24. The minimum absolute atomic E-state index is 0.122. The Bertz CT molecular complexity index is 739. The van der Waals surface area contributed by atoms with Gasteiger partial charge in [-0.25, -0.2) is 4.79 Å². The number of rotatable bonds is 5. The van der Waals surface area contributed by atoms with Gasteiger partial charge in [0, 0.05) is 36.0 Å². The first-order valence-electron chi connectivity index (χ1n) is 8.92. The van der Waals surface area contributed by atoms with Gasteiger partial charge in [0.1, 0.15) is 5.75 Å². The Morgan fingerprint density at radius 1 is 1.44 bits per heavy atom. The van der Waals surface area contributed by atoms with Gasteiger partial charge in [0.2, 0.25) is 0 Å². The van der Waals surface area contributed by atoms with E-state index in [4.69, 9.17) is 4.74 Å². The molecule has 134 valence electrons. The van der Waals surface area contributed by atoms with E-state index in [1.54, 1.807) is 0 Å². The van der Waals surface area contributed by atoms with Crippen molar-refractivity contribution in [3.8, 4) is 5.75 Å². The molecule has 1 heterocycles. The van der Waals surface area contributed by atoms with E-state index < -0.39 is 0 Å². The molecule has 0 saturated carbocycles. The summed E-state index contributed by atoms with van der Waals surface area (Å²) in [6.07, 6.45) is 4.67. The molecule has 25 heavy (non-hydrogen) atoms. The van der Waals surface area contributed by atoms with Crippen LogP contribution >= 0.6 is 0 Å². The molecule has 0 spiro atoms. The van der Waals surface area contributed by atoms with E-state index >= 15 is 0 Å². The van der Waals surface area contributed by atoms with Gasteiger partial charge in [-0.15, -0.1) is 0 Å². The van der Waals surface area contributed by atoms with Crippen molar-refractivity contribution in [2.75, 3.05) is 11.9 Å². The third kappa shape index (κ3) is 4.13. The molecule has 1 aromatic heterocycles. The number of urea groups is 1. The fourth-order valence-electron chi connectivity index (χ4n) is 3.27. The van der Waals surface area contributed by atoms with E-state index in [2.05, 4.69) is 34.3 Å². The van der Waals surface area contributed by atoms with E-state index in [0.29, 0.717) is 12.6 Å². The third-order valence-corrected chi connectivity index (χ3v) is 4.41. The molecule has 1 aromatic carbocycles. The van der Waals surface area contributed by atoms with Crippen LogP contribution < -0.4 is 15.4 Å². The lowest BCUT2D eigenvalue weighted by Gasteiger charge is -2.25. The van der Waals surface area contributed by atoms with Crippen molar-refractivity contribution in [1.82, 2.24) is 15.1 Å². The van der Waals surface area contributed by atoms with Crippen LogP contribution in [0.25, 0.3) is 0 Å². The van der Waals surface area contributed by atoms with Gasteiger partial charge in [0.25, 0.3) is 0 Å². The summed E-state index contributed by atoms with van der Waals surface area (Å²) in [5.41, 5.74) is 3.27. The molecule has 2 amide bonds. The van der Waals surface area contributed by atoms with Crippen LogP contribution in [0.4, 0.5) is 10.5 Å². The fourth-order valence-corrected chi connectivity index (χ4v) is 3.27. The van der Waals surface area contributed by atoms with Crippen molar-refractivity contribution in [1.29, 1.82) is 0 Å². The number of fused-ring (bicyclic) bond motifs is 1. The van der Waals surface area contributed by atoms with Crippen LogP contribution in [-0.4, -0.2) is 28.5 Å². The zero-order valence-corrected chi connectivity index (χ0v) is 15.1. The number of hydrogen-bond acceptors (Lipinski definition) is 3. The summed E-state index contributed by atoms with van der Waals surface area (Å²) < 4.78 is 7.52. The van der Waals surface area contributed by atoms with Gasteiger partial charge in [0.15, 0.2) is 0 Å². The third-order valence-electron chi connectivity index (χ3n) is 4.41. The lowest BCUT2D eigenvalue weighted by atomic mass is 9.93. The van der Waals surface area contributed by atoms with Gasteiger partial charge in [-0.2, -0.15) is 5.10 Å². The molecular formula is C19H26N4O2. The Morgan fingerprint density at radius 2 is 2.28 bits per heavy atom. The molecule has 1 atom stereocenters. The monoisotopic (exact) mass is 342 g/mol. The Morgan fingerprint density at radius 3 is 3.04 bits per heavy atom. The highest BCUT2D eigenvalue weighted by atomic mass is 16.5. The van der Waals surface area contributed by atoms with Gasteiger partial charge in [-0.1, -0.05) is 6.07 Å². The van der Waals surface area contributed by atoms with E-state index in [0.717, 1.165) is 30.7 Å². The maximum absolute atomic E-state index is 12.3. The van der Waals surface area contributed by atoms with E-state index in [9.17, 15) is 4.79 Å². The predicted molar refractivity (Wildman–Crippen MR) is 98.2 cm³/mol. The summed E-state index contributed by atoms with van der Waals surface area (Å²) in [6, 6.07) is 7.70. The number of benzene rings is 1. The summed E-state index contributed by atoms with van der Waals surface area (Å²) in [6.45, 7) is 6.79. The summed E-state index contributed by atoms with van der Waals surface area (Å²) in [5, 5.41) is 10.5. The molecule has 6 nitrogen and oxygen atoms in total. The SMILES string of the molecule is CCOc1cccc(NC(=O)N[C@H]2CCc3cnn(C(C)C)c3C2)c1. The Hall–Kier alpha value is -2.50. The van der Waals surface area contributed by atoms with E-state index in [-0.39, 0.29) is 12.1 Å². The highest BCUT2D eigenvalue weighted by Crippen LogP contribution is 2.24. The van der Waals surface area contributed by atoms with Crippen LogP contribution in [0, 0.1) is 0 Å². The minimum atomic E-state index is -0.183. The molecule has 3 rings (SSSR count). The highest BCUT2D eigenvalue weighted by molar-refractivity contribution is 5.89. The zero-order valence-electron chi connectivity index (χ0n) is 15.1. The maximum atomic E-state index is 12.3. The van der Waals surface area contributed by atoms with Crippen molar-refractivity contribution in [2.24, 2.45) is 0 Å². The molecule has 0 fully saturated rings. The molecule has 1 aliphatic carbocycles. The number of carbonyl (C=O) groups is 1. The van der Waals surface area contributed by atoms with Gasteiger partial charge in [0.05, 0.1) is 12.8 Å². The maximum Gasteiger partial charge on any atom is 0.319 e. The van der Waals surface area contributed by atoms with Crippen molar-refractivity contribution >= 4 is 11.7 Å². The smallest absolute Gasteiger partial charge is 0.319 e. The predicted octanol–water partition coefficient (Wildman–Crippen LogP) is 3.54. The van der Waals surface area contributed by atoms with Crippen LogP contribution in [0.5, 0.6) is 5.75 Å². The molecule has 0 radical (unpaired) electrons. The van der Waals surface area contributed by atoms with Crippen LogP contribution in [0.15, 0.2) is 30.5 Å². The fraction of sp³-hybridized carbons (Fsp3) is 0.474. The van der Waals surface area contributed by atoms with Crippen LogP contribution in [0.3, 0.4) is 0 Å². The Labute approximate surface area is 148 Å². The molecule has 0 aliphatic heterocycles. The molecule has 6 heteroatoms. The molecule has 2 aromatic rings. The number of aromatic nitrogens is 2. The summed E-state index contributed by atoms with van der Waals surface area (Å²) >= 11 is 0. The van der Waals surface area contributed by atoms with Crippen LogP contribution in [0.2, 0.25) is 0 Å². The molecule has 0 unspecified atom stereocenters. The second-order valence-electron chi connectivity index (χ2n) is 6.65. The van der Waals surface area contributed by atoms with Gasteiger partial charge in [-0.3, -0.25) is 4.68 Å². The number of hydrogen-bond donors (Lipinski definition) is 2. The van der Waals surface area contributed by atoms with Crippen molar-refractivity contribution in [3.05, 3.63) is 41.7 Å². The Balaban J connectivity index is 1.60. The molecule has 1 aliphatic rings. The number of ether oxygens (including phenoxy) is 1. The average molecular weight is 342 g/mol. The summed E-state index contributed by atoms with van der Waals surface area (Å²) in [7, 11) is 0. The first-order chi connectivity index (χ1) is 12.1. The van der Waals surface area contributed by atoms with E-state index in [1.807, 2.05) is 37.4 Å². The number of anilines is 1. The largest absolute Gasteiger partial charge is 0.494 e. The topological polar surface area (TPSA) is 68.2 Å². The molecule has 0 bridgehead atoms. The lowest BCUT2D eigenvalue weighted by molar-refractivity contribution is 0.246. The summed E-state index contributed by atoms with van der Waals surface area (Å²) in [4.78, 5) is 12.3. The lowest BCUT2D eigenvalue weighted by Crippen LogP contribution is -2.41. The standard InChI is InChI=1S/C19H26N4O2/c1-4-25-17-7-5-6-15(10-17)21-19(24)22-16-9-8-14-12-20-23(13(2)3)18(14)11-16/h5-7,10,12-13,16H,4,8-9,11H2,1-3H3,(H2,21,22,24)/t16-/m0/s1.